The van der Waals surface area contributed by atoms with E-state index in [1.807, 2.05) is 44.3 Å². The van der Waals surface area contributed by atoms with Gasteiger partial charge in [-0.1, -0.05) is 0 Å². The van der Waals surface area contributed by atoms with Crippen molar-refractivity contribution in [2.75, 3.05) is 6.54 Å². The Hall–Kier alpha value is -1.56. The molecule has 0 aliphatic carbocycles. The maximum atomic E-state index is 12.2. The minimum Gasteiger partial charge on any atom is -0.444 e. The van der Waals surface area contributed by atoms with E-state index in [4.69, 9.17) is 4.74 Å². The van der Waals surface area contributed by atoms with Crippen LogP contribution < -0.4 is 5.32 Å². The highest BCUT2D eigenvalue weighted by atomic mass is 16.6. The Labute approximate surface area is 139 Å². The van der Waals surface area contributed by atoms with Crippen molar-refractivity contribution in [3.63, 3.8) is 0 Å². The molecule has 0 bridgehead atoms. The van der Waals surface area contributed by atoms with Crippen LogP contribution in [0.25, 0.3) is 0 Å². The second kappa shape index (κ2) is 6.91. The fourth-order valence-electron chi connectivity index (χ4n) is 3.03. The molecule has 1 saturated heterocycles. The van der Waals surface area contributed by atoms with Crippen molar-refractivity contribution in [2.45, 2.75) is 71.7 Å². The summed E-state index contributed by atoms with van der Waals surface area (Å²) in [5.41, 5.74) is 1.86. The maximum absolute atomic E-state index is 12.2. The number of ether oxygens (including phenoxy) is 1. The lowest BCUT2D eigenvalue weighted by Crippen LogP contribution is -2.50. The van der Waals surface area contributed by atoms with Crippen LogP contribution in [0.5, 0.6) is 0 Å². The summed E-state index contributed by atoms with van der Waals surface area (Å²) in [7, 11) is 1.94. The molecule has 6 nitrogen and oxygen atoms in total. The van der Waals surface area contributed by atoms with Crippen molar-refractivity contribution in [1.82, 2.24) is 20.0 Å². The Morgan fingerprint density at radius 1 is 1.48 bits per heavy atom. The van der Waals surface area contributed by atoms with Gasteiger partial charge in [-0.05, 0) is 47.5 Å². The van der Waals surface area contributed by atoms with Crippen LogP contribution in [0.2, 0.25) is 0 Å². The molecule has 2 atom stereocenters. The highest BCUT2D eigenvalue weighted by molar-refractivity contribution is 5.68. The first-order valence-electron chi connectivity index (χ1n) is 8.38. The predicted molar refractivity (Wildman–Crippen MR) is 90.2 cm³/mol. The summed E-state index contributed by atoms with van der Waals surface area (Å²) in [4.78, 5) is 14.1. The van der Waals surface area contributed by atoms with E-state index in [-0.39, 0.29) is 12.1 Å². The van der Waals surface area contributed by atoms with E-state index in [1.54, 1.807) is 0 Å². The minimum atomic E-state index is -0.441. The summed E-state index contributed by atoms with van der Waals surface area (Å²) in [6.07, 6.45) is 3.75. The largest absolute Gasteiger partial charge is 0.444 e. The topological polar surface area (TPSA) is 59.4 Å². The lowest BCUT2D eigenvalue weighted by molar-refractivity contribution is 0.00932. The van der Waals surface area contributed by atoms with Gasteiger partial charge in [-0.2, -0.15) is 5.10 Å². The van der Waals surface area contributed by atoms with E-state index in [0.29, 0.717) is 6.04 Å². The van der Waals surface area contributed by atoms with Gasteiger partial charge in [0.15, 0.2) is 0 Å². The first-order valence-corrected chi connectivity index (χ1v) is 8.38. The van der Waals surface area contributed by atoms with Gasteiger partial charge in [0.1, 0.15) is 5.60 Å². The van der Waals surface area contributed by atoms with Crippen LogP contribution in [0.4, 0.5) is 4.79 Å². The van der Waals surface area contributed by atoms with Crippen molar-refractivity contribution in [3.8, 4) is 0 Å². The summed E-state index contributed by atoms with van der Waals surface area (Å²) >= 11 is 0. The Balaban J connectivity index is 1.84. The molecule has 0 spiro atoms. The second-order valence-corrected chi connectivity index (χ2v) is 7.54. The van der Waals surface area contributed by atoms with Crippen molar-refractivity contribution < 1.29 is 9.53 Å². The Kier molecular flexibility index (Phi) is 5.34. The maximum Gasteiger partial charge on any atom is 0.410 e. The van der Waals surface area contributed by atoms with Gasteiger partial charge in [0.2, 0.25) is 0 Å². The number of hydrogen-bond donors (Lipinski definition) is 1. The summed E-state index contributed by atoms with van der Waals surface area (Å²) in [5, 5.41) is 7.96. The molecule has 0 aromatic carbocycles. The molecule has 0 saturated carbocycles. The van der Waals surface area contributed by atoms with Gasteiger partial charge in [0.05, 0.1) is 5.69 Å². The molecule has 1 aromatic heterocycles. The Bertz CT molecular complexity index is 547. The van der Waals surface area contributed by atoms with Gasteiger partial charge in [-0.15, -0.1) is 0 Å². The summed E-state index contributed by atoms with van der Waals surface area (Å²) in [6, 6.07) is 0.606. The molecule has 23 heavy (non-hydrogen) atoms. The minimum absolute atomic E-state index is 0.186. The zero-order valence-electron chi connectivity index (χ0n) is 15.2. The normalized spacial score (nSPS) is 22.3. The van der Waals surface area contributed by atoms with Gasteiger partial charge in [0.25, 0.3) is 0 Å². The van der Waals surface area contributed by atoms with E-state index < -0.39 is 5.60 Å². The SMILES string of the molecule is Cc1nn(C)cc1CNC1CCN(C(=O)OC(C)(C)C)C(C)C1. The van der Waals surface area contributed by atoms with Gasteiger partial charge in [-0.3, -0.25) is 4.68 Å². The van der Waals surface area contributed by atoms with E-state index >= 15 is 0 Å². The fourth-order valence-corrected chi connectivity index (χ4v) is 3.03. The molecule has 0 radical (unpaired) electrons. The molecule has 2 heterocycles. The van der Waals surface area contributed by atoms with Gasteiger partial charge in [-0.25, -0.2) is 4.79 Å². The quantitative estimate of drug-likeness (QED) is 0.929. The number of rotatable bonds is 3. The van der Waals surface area contributed by atoms with E-state index in [9.17, 15) is 4.79 Å². The zero-order chi connectivity index (χ0) is 17.2. The van der Waals surface area contributed by atoms with Crippen LogP contribution in [0, 0.1) is 6.92 Å². The number of carbonyl (C=O) groups is 1. The van der Waals surface area contributed by atoms with Crippen LogP contribution in [-0.2, 0) is 18.3 Å². The molecule has 6 heteroatoms. The standard InChI is InChI=1S/C17H30N4O2/c1-12-9-15(18-10-14-11-20(6)19-13(14)2)7-8-21(12)16(22)23-17(3,4)5/h11-12,15,18H,7-10H2,1-6H3. The smallest absolute Gasteiger partial charge is 0.410 e. The average Bonchev–Trinajstić information content (AvgIpc) is 2.72. The second-order valence-electron chi connectivity index (χ2n) is 7.54. The van der Waals surface area contributed by atoms with Crippen molar-refractivity contribution in [2.24, 2.45) is 7.05 Å². The third kappa shape index (κ3) is 4.96. The highest BCUT2D eigenvalue weighted by Gasteiger charge is 2.31. The van der Waals surface area contributed by atoms with Crippen LogP contribution in [0.1, 0.15) is 51.8 Å². The summed E-state index contributed by atoms with van der Waals surface area (Å²) in [5.74, 6) is 0. The highest BCUT2D eigenvalue weighted by Crippen LogP contribution is 2.21. The number of nitrogens with zero attached hydrogens (tertiary/aromatic N) is 3. The van der Waals surface area contributed by atoms with Crippen LogP contribution >= 0.6 is 0 Å². The third-order valence-corrected chi connectivity index (χ3v) is 4.20. The number of aromatic nitrogens is 2. The third-order valence-electron chi connectivity index (χ3n) is 4.20. The molecule has 1 aliphatic heterocycles. The van der Waals surface area contributed by atoms with Crippen LogP contribution in [0.3, 0.4) is 0 Å². The van der Waals surface area contributed by atoms with Crippen LogP contribution in [-0.4, -0.2) is 45.0 Å². The first-order chi connectivity index (χ1) is 10.7. The predicted octanol–water partition coefficient (Wildman–Crippen LogP) is 2.61. The molecular formula is C17H30N4O2. The first kappa shape index (κ1) is 17.8. The molecule has 1 fully saturated rings. The van der Waals surface area contributed by atoms with Crippen LogP contribution in [0.15, 0.2) is 6.20 Å². The molecular weight excluding hydrogens is 292 g/mol. The van der Waals surface area contributed by atoms with Gasteiger partial charge >= 0.3 is 6.09 Å². The van der Waals surface area contributed by atoms with Crippen molar-refractivity contribution >= 4 is 6.09 Å². The molecule has 1 aromatic rings. The Morgan fingerprint density at radius 3 is 2.70 bits per heavy atom. The summed E-state index contributed by atoms with van der Waals surface area (Å²) in [6.45, 7) is 11.4. The number of likely N-dealkylation sites (tertiary alicyclic amines) is 1. The Morgan fingerprint density at radius 2 is 2.17 bits per heavy atom. The lowest BCUT2D eigenvalue weighted by atomic mass is 9.98. The molecule has 2 rings (SSSR count). The number of carbonyl (C=O) groups excluding carboxylic acids is 1. The van der Waals surface area contributed by atoms with E-state index in [1.165, 1.54) is 5.56 Å². The molecule has 1 N–H and O–H groups in total. The summed E-state index contributed by atoms with van der Waals surface area (Å²) < 4.78 is 7.33. The number of nitrogens with one attached hydrogen (secondary N) is 1. The molecule has 2 unspecified atom stereocenters. The average molecular weight is 322 g/mol. The number of hydrogen-bond acceptors (Lipinski definition) is 4. The fraction of sp³-hybridized carbons (Fsp3) is 0.765. The van der Waals surface area contributed by atoms with Crippen molar-refractivity contribution in [3.05, 3.63) is 17.5 Å². The monoisotopic (exact) mass is 322 g/mol. The molecule has 1 amide bonds. The van der Waals surface area contributed by atoms with E-state index in [0.717, 1.165) is 31.6 Å². The number of piperidine rings is 1. The van der Waals surface area contributed by atoms with E-state index in [2.05, 4.69) is 23.5 Å². The number of aryl methyl sites for hydroxylation is 2. The zero-order valence-corrected chi connectivity index (χ0v) is 15.2. The lowest BCUT2D eigenvalue weighted by Gasteiger charge is -2.38. The van der Waals surface area contributed by atoms with Gasteiger partial charge in [0, 0.05) is 44.0 Å². The van der Waals surface area contributed by atoms with Gasteiger partial charge < -0.3 is 15.0 Å². The van der Waals surface area contributed by atoms with Crippen molar-refractivity contribution in [1.29, 1.82) is 0 Å². The molecule has 1 aliphatic rings. The number of amides is 1. The molecule has 130 valence electrons.